The molecule has 0 saturated carbocycles. The van der Waals surface area contributed by atoms with Crippen molar-refractivity contribution in [2.45, 2.75) is 13.5 Å². The fourth-order valence-corrected chi connectivity index (χ4v) is 2.35. The van der Waals surface area contributed by atoms with Crippen LogP contribution in [0.2, 0.25) is 5.02 Å². The van der Waals surface area contributed by atoms with Gasteiger partial charge in [0, 0.05) is 18.3 Å². The minimum absolute atomic E-state index is 0.0752. The summed E-state index contributed by atoms with van der Waals surface area (Å²) in [5, 5.41) is 9.81. The molecule has 0 unspecified atom stereocenters. The summed E-state index contributed by atoms with van der Waals surface area (Å²) in [6.45, 7) is 2.86. The summed E-state index contributed by atoms with van der Waals surface area (Å²) in [4.78, 5) is 8.67. The molecule has 3 rings (SSSR count). The zero-order valence-electron chi connectivity index (χ0n) is 10.3. The van der Waals surface area contributed by atoms with Crippen molar-refractivity contribution in [2.24, 2.45) is 0 Å². The molecule has 0 aliphatic rings. The van der Waals surface area contributed by atoms with Gasteiger partial charge >= 0.3 is 0 Å². The Balaban J connectivity index is 2.26. The molecular formula is C14H12ClN3O. The maximum absolute atomic E-state index is 9.49. The second-order valence-corrected chi connectivity index (χ2v) is 4.62. The Morgan fingerprint density at radius 2 is 2.16 bits per heavy atom. The van der Waals surface area contributed by atoms with E-state index in [2.05, 4.69) is 21.5 Å². The average Bonchev–Trinajstić information content (AvgIpc) is 2.80. The topological polar surface area (TPSA) is 50.9 Å². The monoisotopic (exact) mass is 273 g/mol. The Morgan fingerprint density at radius 3 is 2.89 bits per heavy atom. The summed E-state index contributed by atoms with van der Waals surface area (Å²) in [6.07, 6.45) is 3.50. The number of fused-ring (bicyclic) bond motifs is 1. The van der Waals surface area contributed by atoms with Crippen LogP contribution in [0.25, 0.3) is 22.4 Å². The molecule has 1 aromatic carbocycles. The van der Waals surface area contributed by atoms with Gasteiger partial charge in [0.25, 0.3) is 0 Å². The number of hydrogen-bond acceptors (Lipinski definition) is 3. The zero-order chi connectivity index (χ0) is 13.4. The normalized spacial score (nSPS) is 11.1. The number of phenols is 1. The van der Waals surface area contributed by atoms with E-state index >= 15 is 0 Å². The predicted molar refractivity (Wildman–Crippen MR) is 75.3 cm³/mol. The van der Waals surface area contributed by atoms with Crippen LogP contribution in [-0.4, -0.2) is 19.6 Å². The highest BCUT2D eigenvalue weighted by atomic mass is 35.5. The zero-order valence-corrected chi connectivity index (χ0v) is 11.1. The number of aromatic nitrogens is 3. The maximum atomic E-state index is 9.49. The highest BCUT2D eigenvalue weighted by Crippen LogP contribution is 2.30. The van der Waals surface area contributed by atoms with Crippen molar-refractivity contribution in [3.05, 3.63) is 41.7 Å². The molecule has 2 heterocycles. The van der Waals surface area contributed by atoms with Crippen molar-refractivity contribution in [3.8, 4) is 17.1 Å². The van der Waals surface area contributed by atoms with Crippen LogP contribution in [0.1, 0.15) is 6.92 Å². The Hall–Kier alpha value is -2.07. The summed E-state index contributed by atoms with van der Waals surface area (Å²) in [5.74, 6) is 0.902. The molecule has 0 atom stereocenters. The van der Waals surface area contributed by atoms with Gasteiger partial charge in [0.2, 0.25) is 0 Å². The second-order valence-electron chi connectivity index (χ2n) is 4.21. The van der Waals surface area contributed by atoms with Crippen molar-refractivity contribution in [3.63, 3.8) is 0 Å². The maximum Gasteiger partial charge on any atom is 0.141 e. The van der Waals surface area contributed by atoms with Crippen molar-refractivity contribution in [1.82, 2.24) is 14.5 Å². The molecule has 0 bridgehead atoms. The first-order chi connectivity index (χ1) is 9.20. The fourth-order valence-electron chi connectivity index (χ4n) is 2.17. The molecule has 0 aliphatic heterocycles. The highest BCUT2D eigenvalue weighted by molar-refractivity contribution is 6.32. The van der Waals surface area contributed by atoms with Gasteiger partial charge in [-0.25, -0.2) is 4.98 Å². The van der Waals surface area contributed by atoms with Crippen LogP contribution in [0.15, 0.2) is 36.7 Å². The van der Waals surface area contributed by atoms with Crippen LogP contribution in [-0.2, 0) is 6.54 Å². The lowest BCUT2D eigenvalue weighted by molar-refractivity contribution is 0.475. The van der Waals surface area contributed by atoms with Gasteiger partial charge in [0.1, 0.15) is 17.1 Å². The fraction of sp³-hybridized carbons (Fsp3) is 0.143. The Bertz CT molecular complexity index is 752. The summed E-state index contributed by atoms with van der Waals surface area (Å²) < 4.78 is 2.10. The molecule has 0 aliphatic carbocycles. The number of aromatic hydroxyl groups is 1. The molecule has 0 fully saturated rings. The van der Waals surface area contributed by atoms with Gasteiger partial charge in [-0.3, -0.25) is 4.98 Å². The smallest absolute Gasteiger partial charge is 0.141 e. The van der Waals surface area contributed by atoms with Gasteiger partial charge in [-0.1, -0.05) is 11.6 Å². The molecule has 2 aromatic heterocycles. The van der Waals surface area contributed by atoms with E-state index in [1.54, 1.807) is 24.5 Å². The quantitative estimate of drug-likeness (QED) is 0.778. The first kappa shape index (κ1) is 12.0. The number of benzene rings is 1. The van der Waals surface area contributed by atoms with Crippen molar-refractivity contribution in [1.29, 1.82) is 0 Å². The molecule has 1 N–H and O–H groups in total. The number of hydrogen-bond donors (Lipinski definition) is 1. The summed E-state index contributed by atoms with van der Waals surface area (Å²) in [6, 6.07) is 7.05. The third-order valence-corrected chi connectivity index (χ3v) is 3.38. The lowest BCUT2D eigenvalue weighted by Crippen LogP contribution is -1.97. The molecule has 5 heteroatoms. The van der Waals surface area contributed by atoms with E-state index in [-0.39, 0.29) is 5.75 Å². The Labute approximate surface area is 115 Å². The molecule has 0 amide bonds. The lowest BCUT2D eigenvalue weighted by Gasteiger charge is -2.06. The molecule has 4 nitrogen and oxygen atoms in total. The van der Waals surface area contributed by atoms with Crippen molar-refractivity contribution >= 4 is 22.6 Å². The van der Waals surface area contributed by atoms with Crippen LogP contribution >= 0.6 is 11.6 Å². The van der Waals surface area contributed by atoms with Crippen LogP contribution in [0.3, 0.4) is 0 Å². The number of pyridine rings is 1. The molecule has 3 aromatic rings. The number of nitrogens with zero attached hydrogens (tertiary/aromatic N) is 3. The lowest BCUT2D eigenvalue weighted by atomic mass is 10.2. The van der Waals surface area contributed by atoms with E-state index in [9.17, 15) is 5.11 Å². The molecule has 96 valence electrons. The Kier molecular flexibility index (Phi) is 2.87. The molecule has 0 spiro atoms. The summed E-state index contributed by atoms with van der Waals surface area (Å²) >= 11 is 5.96. The number of rotatable bonds is 2. The third-order valence-electron chi connectivity index (χ3n) is 3.07. The van der Waals surface area contributed by atoms with Gasteiger partial charge < -0.3 is 9.67 Å². The Morgan fingerprint density at radius 1 is 1.32 bits per heavy atom. The van der Waals surface area contributed by atoms with E-state index < -0.39 is 0 Å². The number of imidazole rings is 1. The van der Waals surface area contributed by atoms with E-state index in [0.717, 1.165) is 29.0 Å². The van der Waals surface area contributed by atoms with Gasteiger partial charge in [-0.15, -0.1) is 0 Å². The third kappa shape index (κ3) is 1.94. The van der Waals surface area contributed by atoms with Crippen LogP contribution in [0.5, 0.6) is 5.75 Å². The van der Waals surface area contributed by atoms with E-state index in [4.69, 9.17) is 11.6 Å². The standard InChI is InChI=1S/C14H12ClN3O/c1-2-18-12-5-6-16-8-11(12)17-14(18)9-3-4-13(19)10(15)7-9/h3-8,19H,2H2,1H3. The summed E-state index contributed by atoms with van der Waals surface area (Å²) in [7, 11) is 0. The van der Waals surface area contributed by atoms with Crippen molar-refractivity contribution in [2.75, 3.05) is 0 Å². The number of aryl methyl sites for hydroxylation is 1. The first-order valence-electron chi connectivity index (χ1n) is 6.00. The number of phenolic OH excluding ortho intramolecular Hbond substituents is 1. The predicted octanol–water partition coefficient (Wildman–Crippen LogP) is 3.48. The number of halogens is 1. The molecular weight excluding hydrogens is 262 g/mol. The van der Waals surface area contributed by atoms with Crippen molar-refractivity contribution < 1.29 is 5.11 Å². The average molecular weight is 274 g/mol. The van der Waals surface area contributed by atoms with E-state index in [1.807, 2.05) is 12.1 Å². The van der Waals surface area contributed by atoms with Gasteiger partial charge in [0.15, 0.2) is 0 Å². The van der Waals surface area contributed by atoms with E-state index in [0.29, 0.717) is 5.02 Å². The largest absolute Gasteiger partial charge is 0.506 e. The van der Waals surface area contributed by atoms with Gasteiger partial charge in [-0.2, -0.15) is 0 Å². The minimum Gasteiger partial charge on any atom is -0.506 e. The SMILES string of the molecule is CCn1c(-c2ccc(O)c(Cl)c2)nc2cnccc21. The molecule has 0 saturated heterocycles. The van der Waals surface area contributed by atoms with Gasteiger partial charge in [-0.05, 0) is 31.2 Å². The first-order valence-corrected chi connectivity index (χ1v) is 6.37. The summed E-state index contributed by atoms with van der Waals surface area (Å²) in [5.41, 5.74) is 2.76. The molecule has 0 radical (unpaired) electrons. The van der Waals surface area contributed by atoms with Crippen LogP contribution in [0, 0.1) is 0 Å². The molecule has 19 heavy (non-hydrogen) atoms. The second kappa shape index (κ2) is 4.55. The van der Waals surface area contributed by atoms with Crippen LogP contribution in [0.4, 0.5) is 0 Å². The highest BCUT2D eigenvalue weighted by Gasteiger charge is 2.12. The van der Waals surface area contributed by atoms with E-state index in [1.165, 1.54) is 0 Å². The minimum atomic E-state index is 0.0752. The van der Waals surface area contributed by atoms with Gasteiger partial charge in [0.05, 0.1) is 16.7 Å². The van der Waals surface area contributed by atoms with Crippen LogP contribution < -0.4 is 0 Å².